The fourth-order valence-electron chi connectivity index (χ4n) is 3.56. The lowest BCUT2D eigenvalue weighted by Crippen LogP contribution is -2.19. The highest BCUT2D eigenvalue weighted by Crippen LogP contribution is 2.35. The van der Waals surface area contributed by atoms with Crippen molar-refractivity contribution in [1.29, 1.82) is 0 Å². The number of para-hydroxylation sites is 1. The summed E-state index contributed by atoms with van der Waals surface area (Å²) in [7, 11) is 0. The van der Waals surface area contributed by atoms with Gasteiger partial charge < -0.3 is 9.30 Å². The molecule has 1 saturated heterocycles. The lowest BCUT2D eigenvalue weighted by molar-refractivity contribution is 0.0717. The van der Waals surface area contributed by atoms with Gasteiger partial charge in [-0.2, -0.15) is 0 Å². The summed E-state index contributed by atoms with van der Waals surface area (Å²) >= 11 is 0. The highest BCUT2D eigenvalue weighted by atomic mass is 16.5. The maximum Gasteiger partial charge on any atom is 0.159 e. The van der Waals surface area contributed by atoms with Crippen LogP contribution in [-0.4, -0.2) is 23.6 Å². The average Bonchev–Trinajstić information content (AvgIpc) is 2.89. The molecule has 2 heterocycles. The molecule has 0 bridgehead atoms. The number of rotatable bonds is 2. The lowest BCUT2D eigenvalue weighted by atomic mass is 10.1. The quantitative estimate of drug-likeness (QED) is 0.658. The van der Waals surface area contributed by atoms with E-state index in [0.717, 1.165) is 31.6 Å². The fourth-order valence-corrected chi connectivity index (χ4v) is 3.56. The molecule has 3 nitrogen and oxygen atoms in total. The van der Waals surface area contributed by atoms with E-state index in [1.54, 1.807) is 6.92 Å². The Kier molecular flexibility index (Phi) is 3.23. The molecule has 112 valence electrons. The molecule has 0 aliphatic carbocycles. The second-order valence-electron chi connectivity index (χ2n) is 6.02. The molecule has 2 aromatic carbocycles. The van der Waals surface area contributed by atoms with E-state index >= 15 is 0 Å². The van der Waals surface area contributed by atoms with Crippen LogP contribution in [0.15, 0.2) is 42.5 Å². The van der Waals surface area contributed by atoms with Gasteiger partial charge in [0.1, 0.15) is 0 Å². The van der Waals surface area contributed by atoms with Gasteiger partial charge in [-0.15, -0.1) is 0 Å². The summed E-state index contributed by atoms with van der Waals surface area (Å²) < 4.78 is 7.93. The first-order valence-corrected chi connectivity index (χ1v) is 7.87. The first kappa shape index (κ1) is 13.5. The molecular formula is C19H19NO2. The van der Waals surface area contributed by atoms with Crippen molar-refractivity contribution in [2.24, 2.45) is 0 Å². The van der Waals surface area contributed by atoms with Crippen molar-refractivity contribution in [2.75, 3.05) is 13.2 Å². The van der Waals surface area contributed by atoms with E-state index in [1.165, 1.54) is 21.8 Å². The Morgan fingerprint density at radius 1 is 1.05 bits per heavy atom. The molecule has 4 rings (SSSR count). The van der Waals surface area contributed by atoms with Crippen LogP contribution in [0.1, 0.15) is 36.2 Å². The van der Waals surface area contributed by atoms with Gasteiger partial charge in [-0.25, -0.2) is 0 Å². The SMILES string of the molecule is CC(=O)c1ccc2c3ccccc3n(C3CCOCC3)c2c1. The van der Waals surface area contributed by atoms with Gasteiger partial charge in [0, 0.05) is 41.1 Å². The van der Waals surface area contributed by atoms with E-state index in [1.807, 2.05) is 12.1 Å². The number of nitrogens with zero attached hydrogens (tertiary/aromatic N) is 1. The Bertz CT molecular complexity index is 856. The number of benzene rings is 2. The summed E-state index contributed by atoms with van der Waals surface area (Å²) in [5.74, 6) is 0.116. The van der Waals surface area contributed by atoms with Crippen molar-refractivity contribution < 1.29 is 9.53 Å². The number of ketones is 1. The van der Waals surface area contributed by atoms with Crippen LogP contribution >= 0.6 is 0 Å². The zero-order chi connectivity index (χ0) is 15.1. The Morgan fingerprint density at radius 2 is 1.77 bits per heavy atom. The number of fused-ring (bicyclic) bond motifs is 3. The number of ether oxygens (including phenoxy) is 1. The normalized spacial score (nSPS) is 16.4. The third kappa shape index (κ3) is 2.04. The van der Waals surface area contributed by atoms with Gasteiger partial charge in [0.15, 0.2) is 5.78 Å². The molecule has 1 fully saturated rings. The summed E-state index contributed by atoms with van der Waals surface area (Å²) in [6, 6.07) is 15.0. The maximum absolute atomic E-state index is 11.8. The molecule has 22 heavy (non-hydrogen) atoms. The van der Waals surface area contributed by atoms with Crippen molar-refractivity contribution in [3.8, 4) is 0 Å². The smallest absolute Gasteiger partial charge is 0.159 e. The number of carbonyl (C=O) groups is 1. The predicted molar refractivity (Wildman–Crippen MR) is 88.5 cm³/mol. The van der Waals surface area contributed by atoms with Crippen LogP contribution in [-0.2, 0) is 4.74 Å². The predicted octanol–water partition coefficient (Wildman–Crippen LogP) is 4.35. The molecule has 0 saturated carbocycles. The second-order valence-corrected chi connectivity index (χ2v) is 6.02. The van der Waals surface area contributed by atoms with Crippen molar-refractivity contribution in [1.82, 2.24) is 4.57 Å². The van der Waals surface area contributed by atoms with Crippen molar-refractivity contribution in [3.05, 3.63) is 48.0 Å². The van der Waals surface area contributed by atoms with Gasteiger partial charge in [0.05, 0.1) is 5.52 Å². The molecule has 0 N–H and O–H groups in total. The molecule has 3 aromatic rings. The highest BCUT2D eigenvalue weighted by molar-refractivity contribution is 6.10. The topological polar surface area (TPSA) is 31.2 Å². The minimum Gasteiger partial charge on any atom is -0.381 e. The summed E-state index contributed by atoms with van der Waals surface area (Å²) in [6.45, 7) is 3.25. The first-order valence-electron chi connectivity index (χ1n) is 7.87. The van der Waals surface area contributed by atoms with Gasteiger partial charge in [0.25, 0.3) is 0 Å². The molecular weight excluding hydrogens is 274 g/mol. The number of hydrogen-bond donors (Lipinski definition) is 0. The van der Waals surface area contributed by atoms with Gasteiger partial charge in [-0.05, 0) is 31.9 Å². The minimum absolute atomic E-state index is 0.116. The van der Waals surface area contributed by atoms with Crippen molar-refractivity contribution >= 4 is 27.6 Å². The van der Waals surface area contributed by atoms with Crippen LogP contribution in [0.2, 0.25) is 0 Å². The summed E-state index contributed by atoms with van der Waals surface area (Å²) in [5.41, 5.74) is 3.20. The maximum atomic E-state index is 11.8. The van der Waals surface area contributed by atoms with Gasteiger partial charge in [-0.1, -0.05) is 30.3 Å². The molecule has 1 aliphatic rings. The minimum atomic E-state index is 0.116. The van der Waals surface area contributed by atoms with E-state index in [4.69, 9.17) is 4.74 Å². The van der Waals surface area contributed by atoms with Gasteiger partial charge >= 0.3 is 0 Å². The second kappa shape index (κ2) is 5.25. The Balaban J connectivity index is 2.04. The molecule has 0 spiro atoms. The molecule has 1 aromatic heterocycles. The van der Waals surface area contributed by atoms with E-state index in [2.05, 4.69) is 34.9 Å². The molecule has 0 amide bonds. The van der Waals surface area contributed by atoms with Crippen molar-refractivity contribution in [2.45, 2.75) is 25.8 Å². The van der Waals surface area contributed by atoms with E-state index in [-0.39, 0.29) is 5.78 Å². The zero-order valence-corrected chi connectivity index (χ0v) is 12.7. The Labute approximate surface area is 129 Å². The van der Waals surface area contributed by atoms with Gasteiger partial charge in [0.2, 0.25) is 0 Å². The molecule has 3 heteroatoms. The van der Waals surface area contributed by atoms with Gasteiger partial charge in [-0.3, -0.25) is 4.79 Å². The standard InChI is InChI=1S/C19H19NO2/c1-13(21)14-6-7-17-16-4-2-3-5-18(16)20(19(17)12-14)15-8-10-22-11-9-15/h2-7,12,15H,8-11H2,1H3. The van der Waals surface area contributed by atoms with Crippen LogP contribution in [0.4, 0.5) is 0 Å². The molecule has 0 atom stereocenters. The number of Topliss-reactive ketones (excluding diaryl/α,β-unsaturated/α-hetero) is 1. The highest BCUT2D eigenvalue weighted by Gasteiger charge is 2.21. The third-order valence-electron chi connectivity index (χ3n) is 4.67. The zero-order valence-electron chi connectivity index (χ0n) is 12.7. The lowest BCUT2D eigenvalue weighted by Gasteiger charge is -2.25. The average molecular weight is 293 g/mol. The molecule has 0 radical (unpaired) electrons. The fraction of sp³-hybridized carbons (Fsp3) is 0.316. The molecule has 0 unspecified atom stereocenters. The Morgan fingerprint density at radius 3 is 2.55 bits per heavy atom. The van der Waals surface area contributed by atoms with Crippen LogP contribution in [0.5, 0.6) is 0 Å². The molecule has 1 aliphatic heterocycles. The Hall–Kier alpha value is -2.13. The van der Waals surface area contributed by atoms with Crippen LogP contribution in [0.3, 0.4) is 0 Å². The monoisotopic (exact) mass is 293 g/mol. The number of hydrogen-bond acceptors (Lipinski definition) is 2. The number of aromatic nitrogens is 1. The third-order valence-corrected chi connectivity index (χ3v) is 4.67. The summed E-state index contributed by atoms with van der Waals surface area (Å²) in [6.07, 6.45) is 2.05. The number of carbonyl (C=O) groups excluding carboxylic acids is 1. The van der Waals surface area contributed by atoms with Crippen molar-refractivity contribution in [3.63, 3.8) is 0 Å². The first-order chi connectivity index (χ1) is 10.8. The van der Waals surface area contributed by atoms with E-state index in [0.29, 0.717) is 6.04 Å². The van der Waals surface area contributed by atoms with E-state index < -0.39 is 0 Å². The van der Waals surface area contributed by atoms with Crippen LogP contribution in [0, 0.1) is 0 Å². The van der Waals surface area contributed by atoms with Crippen LogP contribution < -0.4 is 0 Å². The largest absolute Gasteiger partial charge is 0.381 e. The summed E-state index contributed by atoms with van der Waals surface area (Å²) in [5, 5.41) is 2.49. The van der Waals surface area contributed by atoms with Crippen LogP contribution in [0.25, 0.3) is 21.8 Å². The van der Waals surface area contributed by atoms with E-state index in [9.17, 15) is 4.79 Å². The summed E-state index contributed by atoms with van der Waals surface area (Å²) in [4.78, 5) is 11.8.